The molecule has 1 aromatic rings. The van der Waals surface area contributed by atoms with Gasteiger partial charge < -0.3 is 19.3 Å². The summed E-state index contributed by atoms with van der Waals surface area (Å²) < 4.78 is 16.3. The molecule has 0 radical (unpaired) electrons. The van der Waals surface area contributed by atoms with E-state index in [0.29, 0.717) is 26.1 Å². The molecule has 0 aliphatic carbocycles. The van der Waals surface area contributed by atoms with Crippen molar-refractivity contribution in [1.82, 2.24) is 9.80 Å². The van der Waals surface area contributed by atoms with Crippen LogP contribution in [0, 0.1) is 0 Å². The Morgan fingerprint density at radius 3 is 2.56 bits per heavy atom. The lowest BCUT2D eigenvalue weighted by atomic mass is 10.1. The highest BCUT2D eigenvalue weighted by Gasteiger charge is 2.49. The zero-order valence-corrected chi connectivity index (χ0v) is 16.8. The van der Waals surface area contributed by atoms with Crippen LogP contribution in [0.15, 0.2) is 18.2 Å². The fourth-order valence-corrected chi connectivity index (χ4v) is 3.97. The van der Waals surface area contributed by atoms with E-state index >= 15 is 0 Å². The summed E-state index contributed by atoms with van der Waals surface area (Å²) in [5, 5.41) is 10.5. The number of methoxy groups -OCH3 is 2. The number of carbonyl (C=O) groups is 1. The van der Waals surface area contributed by atoms with Crippen molar-refractivity contribution >= 4 is 6.09 Å². The molecule has 7 heteroatoms. The standard InChI is InChI=1S/C20H30N2O5/c1-20(2,3)27-19(24)22-14-8-17(23)16(22)12-21(11-14)10-13-6-7-15(25-4)9-18(13)26-5/h6-7,9,14,16-17,23H,8,10-12H2,1-5H3/t14-,16-,17-/m1/s1. The van der Waals surface area contributed by atoms with Crippen molar-refractivity contribution in [2.24, 2.45) is 0 Å². The summed E-state index contributed by atoms with van der Waals surface area (Å²) in [6.07, 6.45) is -0.277. The molecular weight excluding hydrogens is 348 g/mol. The molecule has 3 atom stereocenters. The number of aliphatic hydroxyl groups excluding tert-OH is 1. The molecule has 1 amide bonds. The Kier molecular flexibility index (Phi) is 5.53. The Morgan fingerprint density at radius 1 is 1.22 bits per heavy atom. The minimum absolute atomic E-state index is 0.0437. The molecule has 2 aliphatic heterocycles. The Balaban J connectivity index is 1.71. The van der Waals surface area contributed by atoms with Gasteiger partial charge in [0, 0.05) is 31.3 Å². The number of fused-ring (bicyclic) bond motifs is 2. The highest BCUT2D eigenvalue weighted by Crippen LogP contribution is 2.34. The third-order valence-corrected chi connectivity index (χ3v) is 5.12. The van der Waals surface area contributed by atoms with Gasteiger partial charge in [-0.15, -0.1) is 0 Å². The molecule has 7 nitrogen and oxygen atoms in total. The number of hydrogen-bond donors (Lipinski definition) is 1. The lowest BCUT2D eigenvalue weighted by Crippen LogP contribution is -2.57. The van der Waals surface area contributed by atoms with E-state index in [1.54, 1.807) is 19.1 Å². The molecule has 0 spiro atoms. The second-order valence-electron chi connectivity index (χ2n) is 8.28. The molecule has 2 saturated heterocycles. The van der Waals surface area contributed by atoms with E-state index in [0.717, 1.165) is 17.1 Å². The van der Waals surface area contributed by atoms with Gasteiger partial charge in [0.15, 0.2) is 0 Å². The van der Waals surface area contributed by atoms with E-state index < -0.39 is 11.7 Å². The summed E-state index contributed by atoms with van der Waals surface area (Å²) in [5.74, 6) is 1.53. The summed E-state index contributed by atoms with van der Waals surface area (Å²) in [6, 6.07) is 5.49. The third kappa shape index (κ3) is 4.30. The van der Waals surface area contributed by atoms with E-state index in [9.17, 15) is 9.90 Å². The third-order valence-electron chi connectivity index (χ3n) is 5.12. The van der Waals surface area contributed by atoms with Crippen LogP contribution in [-0.2, 0) is 11.3 Å². The van der Waals surface area contributed by atoms with Gasteiger partial charge in [0.05, 0.1) is 32.4 Å². The monoisotopic (exact) mass is 378 g/mol. The molecule has 2 bridgehead atoms. The normalized spacial score (nSPS) is 25.4. The molecular formula is C20H30N2O5. The number of aliphatic hydroxyl groups is 1. The number of amides is 1. The van der Waals surface area contributed by atoms with Gasteiger partial charge in [-0.25, -0.2) is 4.79 Å². The molecule has 2 heterocycles. The van der Waals surface area contributed by atoms with Gasteiger partial charge in [-0.1, -0.05) is 6.07 Å². The van der Waals surface area contributed by atoms with Gasteiger partial charge in [-0.3, -0.25) is 9.80 Å². The van der Waals surface area contributed by atoms with Crippen LogP contribution in [0.2, 0.25) is 0 Å². The molecule has 2 aliphatic rings. The first-order valence-corrected chi connectivity index (χ1v) is 9.34. The number of piperazine rings is 1. The smallest absolute Gasteiger partial charge is 0.410 e. The van der Waals surface area contributed by atoms with Crippen molar-refractivity contribution in [1.29, 1.82) is 0 Å². The number of carbonyl (C=O) groups excluding carboxylic acids is 1. The predicted octanol–water partition coefficient (Wildman–Crippen LogP) is 2.26. The van der Waals surface area contributed by atoms with Crippen LogP contribution in [0.1, 0.15) is 32.8 Å². The van der Waals surface area contributed by atoms with Gasteiger partial charge in [0.2, 0.25) is 0 Å². The molecule has 0 unspecified atom stereocenters. The van der Waals surface area contributed by atoms with Crippen LogP contribution >= 0.6 is 0 Å². The van der Waals surface area contributed by atoms with Crippen LogP contribution in [0.3, 0.4) is 0 Å². The van der Waals surface area contributed by atoms with Gasteiger partial charge >= 0.3 is 6.09 Å². The zero-order valence-electron chi connectivity index (χ0n) is 16.8. The van der Waals surface area contributed by atoms with E-state index in [4.69, 9.17) is 14.2 Å². The maximum absolute atomic E-state index is 12.6. The van der Waals surface area contributed by atoms with E-state index in [2.05, 4.69) is 4.90 Å². The van der Waals surface area contributed by atoms with Crippen LogP contribution in [0.4, 0.5) is 4.79 Å². The summed E-state index contributed by atoms with van der Waals surface area (Å²) in [4.78, 5) is 16.6. The maximum atomic E-state index is 12.6. The molecule has 0 saturated carbocycles. The van der Waals surface area contributed by atoms with Crippen LogP contribution in [0.25, 0.3) is 0 Å². The van der Waals surface area contributed by atoms with E-state index in [-0.39, 0.29) is 18.2 Å². The zero-order chi connectivity index (χ0) is 19.8. The van der Waals surface area contributed by atoms with E-state index in [1.165, 1.54) is 0 Å². The number of ether oxygens (including phenoxy) is 3. The average Bonchev–Trinajstić information content (AvgIpc) is 2.80. The summed E-state index contributed by atoms with van der Waals surface area (Å²) >= 11 is 0. The Hall–Kier alpha value is -1.99. The largest absolute Gasteiger partial charge is 0.497 e. The Morgan fingerprint density at radius 2 is 1.96 bits per heavy atom. The van der Waals surface area contributed by atoms with Crippen LogP contribution < -0.4 is 9.47 Å². The molecule has 3 rings (SSSR count). The Bertz CT molecular complexity index is 687. The van der Waals surface area contributed by atoms with Crippen molar-refractivity contribution in [3.05, 3.63) is 23.8 Å². The SMILES string of the molecule is COc1ccc(CN2C[C@H]3C[C@@H](O)[C@@H](C2)N3C(=O)OC(C)(C)C)c(OC)c1. The number of likely N-dealkylation sites (tertiary alicyclic amines) is 1. The second kappa shape index (κ2) is 7.56. The van der Waals surface area contributed by atoms with Crippen molar-refractivity contribution in [3.63, 3.8) is 0 Å². The Labute approximate surface area is 160 Å². The lowest BCUT2D eigenvalue weighted by molar-refractivity contribution is -0.0144. The van der Waals surface area contributed by atoms with Crippen LogP contribution in [-0.4, -0.2) is 72.1 Å². The summed E-state index contributed by atoms with van der Waals surface area (Å²) in [6.45, 7) is 7.56. The molecule has 150 valence electrons. The van der Waals surface area contributed by atoms with E-state index in [1.807, 2.05) is 39.0 Å². The van der Waals surface area contributed by atoms with Crippen molar-refractivity contribution in [3.8, 4) is 11.5 Å². The molecule has 0 aromatic heterocycles. The molecule has 1 aromatic carbocycles. The van der Waals surface area contributed by atoms with Crippen molar-refractivity contribution < 1.29 is 24.1 Å². The van der Waals surface area contributed by atoms with Crippen LogP contribution in [0.5, 0.6) is 11.5 Å². The van der Waals surface area contributed by atoms with Gasteiger partial charge in [-0.05, 0) is 33.3 Å². The summed E-state index contributed by atoms with van der Waals surface area (Å²) in [5.41, 5.74) is 0.507. The van der Waals surface area contributed by atoms with Gasteiger partial charge in [0.25, 0.3) is 0 Å². The first-order valence-electron chi connectivity index (χ1n) is 9.34. The first-order chi connectivity index (χ1) is 12.7. The minimum atomic E-state index is -0.547. The van der Waals surface area contributed by atoms with Crippen molar-refractivity contribution in [2.45, 2.75) is 57.5 Å². The minimum Gasteiger partial charge on any atom is -0.497 e. The predicted molar refractivity (Wildman–Crippen MR) is 101 cm³/mol. The second-order valence-corrected chi connectivity index (χ2v) is 8.28. The maximum Gasteiger partial charge on any atom is 0.410 e. The highest BCUT2D eigenvalue weighted by atomic mass is 16.6. The van der Waals surface area contributed by atoms with Gasteiger partial charge in [0.1, 0.15) is 17.1 Å². The lowest BCUT2D eigenvalue weighted by Gasteiger charge is -2.41. The molecule has 1 N–H and O–H groups in total. The highest BCUT2D eigenvalue weighted by molar-refractivity contribution is 5.70. The number of nitrogens with zero attached hydrogens (tertiary/aromatic N) is 2. The number of rotatable bonds is 4. The number of hydrogen-bond acceptors (Lipinski definition) is 6. The quantitative estimate of drug-likeness (QED) is 0.867. The first kappa shape index (κ1) is 19.8. The fraction of sp³-hybridized carbons (Fsp3) is 0.650. The van der Waals surface area contributed by atoms with Gasteiger partial charge in [-0.2, -0.15) is 0 Å². The number of benzene rings is 1. The molecule has 27 heavy (non-hydrogen) atoms. The van der Waals surface area contributed by atoms with Crippen molar-refractivity contribution in [2.75, 3.05) is 27.3 Å². The summed E-state index contributed by atoms with van der Waals surface area (Å²) in [7, 11) is 3.27. The fourth-order valence-electron chi connectivity index (χ4n) is 3.97. The topological polar surface area (TPSA) is 71.5 Å². The average molecular weight is 378 g/mol. The molecule has 2 fully saturated rings.